The number of rotatable bonds is 4. The second-order valence-corrected chi connectivity index (χ2v) is 4.36. The second-order valence-electron chi connectivity index (χ2n) is 3.28. The van der Waals surface area contributed by atoms with Crippen LogP contribution in [0.2, 0.25) is 0 Å². The van der Waals surface area contributed by atoms with Gasteiger partial charge in [0.1, 0.15) is 4.88 Å². The molecule has 0 saturated heterocycles. The predicted molar refractivity (Wildman–Crippen MR) is 62.2 cm³/mol. The Labute approximate surface area is 100 Å². The highest BCUT2D eigenvalue weighted by molar-refractivity contribution is 7.18. The van der Waals surface area contributed by atoms with Crippen molar-refractivity contribution in [2.45, 2.75) is 6.42 Å². The number of carboxylic acid groups (broad SMARTS) is 1. The van der Waals surface area contributed by atoms with Crippen molar-refractivity contribution >= 4 is 28.2 Å². The molecule has 0 bridgehead atoms. The predicted octanol–water partition coefficient (Wildman–Crippen LogP) is 1.35. The van der Waals surface area contributed by atoms with E-state index in [2.05, 4.69) is 15.5 Å². The smallest absolute Gasteiger partial charge is 0.345 e. The van der Waals surface area contributed by atoms with Crippen LogP contribution < -0.4 is 5.32 Å². The van der Waals surface area contributed by atoms with Crippen molar-refractivity contribution in [1.29, 1.82) is 0 Å². The third kappa shape index (κ3) is 2.91. The van der Waals surface area contributed by atoms with Crippen LogP contribution in [0.25, 0.3) is 0 Å². The number of aromatic carboxylic acids is 1. The first kappa shape index (κ1) is 11.3. The summed E-state index contributed by atoms with van der Waals surface area (Å²) >= 11 is 1.02. The Balaban J connectivity index is 1.96. The van der Waals surface area contributed by atoms with Crippen LogP contribution in [0, 0.1) is 0 Å². The van der Waals surface area contributed by atoms with Crippen molar-refractivity contribution in [3.63, 3.8) is 0 Å². The fourth-order valence-electron chi connectivity index (χ4n) is 1.26. The highest BCUT2D eigenvalue weighted by Gasteiger charge is 2.10. The summed E-state index contributed by atoms with van der Waals surface area (Å²) in [5.74, 6) is -1.21. The quantitative estimate of drug-likeness (QED) is 0.764. The van der Waals surface area contributed by atoms with E-state index in [1.807, 2.05) is 0 Å². The number of aromatic amines is 1. The number of H-pyrrole nitrogens is 1. The van der Waals surface area contributed by atoms with E-state index in [-0.39, 0.29) is 17.2 Å². The van der Waals surface area contributed by atoms with Crippen molar-refractivity contribution in [3.8, 4) is 0 Å². The summed E-state index contributed by atoms with van der Waals surface area (Å²) in [4.78, 5) is 22.4. The molecular weight excluding hydrogens is 242 g/mol. The van der Waals surface area contributed by atoms with Crippen LogP contribution in [-0.2, 0) is 11.2 Å². The van der Waals surface area contributed by atoms with E-state index in [0.29, 0.717) is 10.7 Å². The highest BCUT2D eigenvalue weighted by atomic mass is 32.1. The molecule has 2 rings (SSSR count). The van der Waals surface area contributed by atoms with E-state index in [9.17, 15) is 9.59 Å². The Morgan fingerprint density at radius 3 is 2.82 bits per heavy atom. The van der Waals surface area contributed by atoms with Crippen molar-refractivity contribution < 1.29 is 14.7 Å². The van der Waals surface area contributed by atoms with Gasteiger partial charge in [0.15, 0.2) is 0 Å². The van der Waals surface area contributed by atoms with Gasteiger partial charge in [0, 0.05) is 11.9 Å². The largest absolute Gasteiger partial charge is 0.477 e. The summed E-state index contributed by atoms with van der Waals surface area (Å²) in [6.45, 7) is 0. The lowest BCUT2D eigenvalue weighted by Gasteiger charge is -1.99. The molecule has 2 heterocycles. The second kappa shape index (κ2) is 4.79. The van der Waals surface area contributed by atoms with E-state index in [0.717, 1.165) is 11.3 Å². The summed E-state index contributed by atoms with van der Waals surface area (Å²) < 4.78 is 0. The first-order chi connectivity index (χ1) is 8.15. The first-order valence-electron chi connectivity index (χ1n) is 4.76. The lowest BCUT2D eigenvalue weighted by molar-refractivity contribution is -0.115. The third-order valence-electron chi connectivity index (χ3n) is 1.99. The van der Waals surface area contributed by atoms with Crippen LogP contribution in [-0.4, -0.2) is 27.2 Å². The molecule has 88 valence electrons. The number of nitrogens with zero attached hydrogens (tertiary/aromatic N) is 1. The van der Waals surface area contributed by atoms with Crippen LogP contribution in [0.5, 0.6) is 0 Å². The Kier molecular flexibility index (Phi) is 3.20. The van der Waals surface area contributed by atoms with Crippen LogP contribution in [0.1, 0.15) is 15.4 Å². The summed E-state index contributed by atoms with van der Waals surface area (Å²) in [5.41, 5.74) is 0.706. The Morgan fingerprint density at radius 2 is 2.24 bits per heavy atom. The van der Waals surface area contributed by atoms with E-state index in [1.54, 1.807) is 18.3 Å². The molecule has 0 fully saturated rings. The van der Waals surface area contributed by atoms with E-state index in [4.69, 9.17) is 5.11 Å². The summed E-state index contributed by atoms with van der Waals surface area (Å²) in [5, 5.41) is 18.3. The van der Waals surface area contributed by atoms with Gasteiger partial charge in [0.25, 0.3) is 0 Å². The third-order valence-corrected chi connectivity index (χ3v) is 2.98. The minimum atomic E-state index is -0.996. The Hall–Kier alpha value is -2.15. The molecular formula is C10H9N3O3S. The van der Waals surface area contributed by atoms with Gasteiger partial charge < -0.3 is 10.4 Å². The van der Waals surface area contributed by atoms with E-state index >= 15 is 0 Å². The van der Waals surface area contributed by atoms with Crippen molar-refractivity contribution in [2.24, 2.45) is 0 Å². The number of anilines is 1. The van der Waals surface area contributed by atoms with E-state index in [1.165, 1.54) is 6.07 Å². The molecule has 0 aliphatic carbocycles. The fraction of sp³-hybridized carbons (Fsp3) is 0.100. The molecule has 17 heavy (non-hydrogen) atoms. The molecule has 2 aromatic rings. The van der Waals surface area contributed by atoms with Crippen LogP contribution in [0.3, 0.4) is 0 Å². The van der Waals surface area contributed by atoms with Gasteiger partial charge in [-0.2, -0.15) is 5.10 Å². The normalized spacial score (nSPS) is 10.1. The average molecular weight is 251 g/mol. The molecule has 0 radical (unpaired) electrons. The molecule has 2 aromatic heterocycles. The molecule has 0 aliphatic rings. The minimum Gasteiger partial charge on any atom is -0.477 e. The zero-order valence-corrected chi connectivity index (χ0v) is 9.45. The van der Waals surface area contributed by atoms with Crippen molar-refractivity contribution in [3.05, 3.63) is 35.0 Å². The topological polar surface area (TPSA) is 95.1 Å². The number of carbonyl (C=O) groups is 2. The van der Waals surface area contributed by atoms with Gasteiger partial charge >= 0.3 is 5.97 Å². The number of nitrogens with one attached hydrogen (secondary N) is 2. The number of thiophene rings is 1. The van der Waals surface area contributed by atoms with E-state index < -0.39 is 5.97 Å². The van der Waals surface area contributed by atoms with Gasteiger partial charge in [-0.1, -0.05) is 0 Å². The minimum absolute atomic E-state index is 0.181. The molecule has 0 spiro atoms. The molecule has 7 heteroatoms. The van der Waals surface area contributed by atoms with Gasteiger partial charge in [-0.25, -0.2) is 4.79 Å². The summed E-state index contributed by atoms with van der Waals surface area (Å²) in [6.07, 6.45) is 1.75. The zero-order valence-electron chi connectivity index (χ0n) is 8.64. The van der Waals surface area contributed by atoms with Crippen molar-refractivity contribution in [2.75, 3.05) is 5.32 Å². The highest BCUT2D eigenvalue weighted by Crippen LogP contribution is 2.21. The number of hydrogen-bond acceptors (Lipinski definition) is 4. The molecule has 0 atom stereocenters. The summed E-state index contributed by atoms with van der Waals surface area (Å²) in [7, 11) is 0. The zero-order chi connectivity index (χ0) is 12.3. The molecule has 0 aromatic carbocycles. The molecule has 0 aliphatic heterocycles. The van der Waals surface area contributed by atoms with Gasteiger partial charge in [0.05, 0.1) is 11.4 Å². The Morgan fingerprint density at radius 1 is 1.41 bits per heavy atom. The lowest BCUT2D eigenvalue weighted by atomic mass is 10.3. The molecule has 6 nitrogen and oxygen atoms in total. The number of hydrogen-bond donors (Lipinski definition) is 3. The monoisotopic (exact) mass is 251 g/mol. The van der Waals surface area contributed by atoms with Crippen LogP contribution >= 0.6 is 11.3 Å². The maximum Gasteiger partial charge on any atom is 0.345 e. The maximum absolute atomic E-state index is 11.6. The van der Waals surface area contributed by atoms with Gasteiger partial charge in [0.2, 0.25) is 5.91 Å². The molecule has 0 unspecified atom stereocenters. The first-order valence-corrected chi connectivity index (χ1v) is 5.58. The Bertz CT molecular complexity index is 533. The number of carbonyl (C=O) groups excluding carboxylic acids is 1. The number of carboxylic acids is 1. The molecule has 1 amide bonds. The average Bonchev–Trinajstić information content (AvgIpc) is 2.88. The van der Waals surface area contributed by atoms with Crippen molar-refractivity contribution in [1.82, 2.24) is 10.2 Å². The van der Waals surface area contributed by atoms with Gasteiger partial charge in [-0.3, -0.25) is 9.89 Å². The van der Waals surface area contributed by atoms with Gasteiger partial charge in [-0.15, -0.1) is 11.3 Å². The summed E-state index contributed by atoms with van der Waals surface area (Å²) in [6, 6.07) is 4.73. The lowest BCUT2D eigenvalue weighted by Crippen LogP contribution is -2.13. The van der Waals surface area contributed by atoms with Crippen LogP contribution in [0.15, 0.2) is 24.4 Å². The SMILES string of the molecule is O=C(Cc1ccn[nH]1)Nc1ccc(C(=O)O)s1. The van der Waals surface area contributed by atoms with Crippen LogP contribution in [0.4, 0.5) is 5.00 Å². The molecule has 0 saturated carbocycles. The fourth-order valence-corrected chi connectivity index (χ4v) is 2.02. The number of amides is 1. The maximum atomic E-state index is 11.6. The molecule has 3 N–H and O–H groups in total. The standard InChI is InChI=1S/C10H9N3O3S/c14-8(5-6-3-4-11-13-6)12-9-2-1-7(17-9)10(15)16/h1-4H,5H2,(H,11,13)(H,12,14)(H,15,16). The van der Waals surface area contributed by atoms with Gasteiger partial charge in [-0.05, 0) is 18.2 Å². The number of aromatic nitrogens is 2.